The molecule has 0 saturated heterocycles. The van der Waals surface area contributed by atoms with E-state index in [0.29, 0.717) is 30.5 Å². The lowest BCUT2D eigenvalue weighted by atomic mass is 10.1. The predicted molar refractivity (Wildman–Crippen MR) is 90.0 cm³/mol. The van der Waals surface area contributed by atoms with Crippen molar-refractivity contribution in [3.63, 3.8) is 0 Å². The molecule has 23 heavy (non-hydrogen) atoms. The number of carbonyl (C=O) groups excluding carboxylic acids is 2. The number of rotatable bonds is 10. The normalized spacial score (nSPS) is 10.8. The first kappa shape index (κ1) is 19.2. The fourth-order valence-corrected chi connectivity index (χ4v) is 2.34. The van der Waals surface area contributed by atoms with Gasteiger partial charge in [0.2, 0.25) is 11.8 Å². The Labute approximate surface area is 138 Å². The molecular weight excluding hydrogens is 294 g/mol. The second kappa shape index (κ2) is 10.0. The first-order valence-corrected chi connectivity index (χ1v) is 8.43. The van der Waals surface area contributed by atoms with E-state index >= 15 is 0 Å². The largest absolute Gasteiger partial charge is 0.360 e. The first-order valence-electron chi connectivity index (χ1n) is 8.43. The van der Waals surface area contributed by atoms with Gasteiger partial charge in [-0.1, -0.05) is 45.2 Å². The molecule has 0 radical (unpaired) electrons. The van der Waals surface area contributed by atoms with E-state index in [4.69, 9.17) is 4.52 Å². The fraction of sp³-hybridized carbons (Fsp3) is 0.706. The van der Waals surface area contributed by atoms with Gasteiger partial charge in [0.05, 0.1) is 6.54 Å². The van der Waals surface area contributed by atoms with Crippen LogP contribution in [-0.2, 0) is 9.59 Å². The number of hydrogen-bond acceptors (Lipinski definition) is 4. The minimum absolute atomic E-state index is 0.0429. The van der Waals surface area contributed by atoms with E-state index in [1.54, 1.807) is 17.9 Å². The molecule has 0 aliphatic carbocycles. The van der Waals surface area contributed by atoms with Crippen LogP contribution in [0.1, 0.15) is 58.6 Å². The number of anilines is 1. The summed E-state index contributed by atoms with van der Waals surface area (Å²) in [5.41, 5.74) is 0. The van der Waals surface area contributed by atoms with E-state index in [0.717, 1.165) is 25.7 Å². The summed E-state index contributed by atoms with van der Waals surface area (Å²) < 4.78 is 4.91. The Kier molecular flexibility index (Phi) is 8.37. The van der Waals surface area contributed by atoms with Crippen LogP contribution in [0.2, 0.25) is 0 Å². The third-order valence-electron chi connectivity index (χ3n) is 3.41. The Hall–Kier alpha value is -1.85. The second-order valence-electron chi connectivity index (χ2n) is 6.35. The highest BCUT2D eigenvalue weighted by molar-refractivity contribution is 5.93. The van der Waals surface area contributed by atoms with Gasteiger partial charge < -0.3 is 14.7 Å². The van der Waals surface area contributed by atoms with E-state index in [1.165, 1.54) is 0 Å². The standard InChI is InChI=1S/C17H29N3O3/c1-5-6-7-8-9-17(22)20(11-13(2)3)12-16(21)18-15-10-14(4)23-19-15/h10,13H,5-9,11-12H2,1-4H3,(H,18,19,21). The molecule has 130 valence electrons. The number of carbonyl (C=O) groups is 2. The lowest BCUT2D eigenvalue weighted by Gasteiger charge is -2.24. The van der Waals surface area contributed by atoms with Gasteiger partial charge in [0, 0.05) is 19.0 Å². The molecule has 0 unspecified atom stereocenters. The van der Waals surface area contributed by atoms with E-state index < -0.39 is 0 Å². The minimum atomic E-state index is -0.249. The smallest absolute Gasteiger partial charge is 0.245 e. The number of aromatic nitrogens is 1. The zero-order valence-electron chi connectivity index (χ0n) is 14.7. The van der Waals surface area contributed by atoms with Crippen LogP contribution in [0.15, 0.2) is 10.6 Å². The SMILES string of the molecule is CCCCCCC(=O)N(CC(=O)Nc1cc(C)on1)CC(C)C. The summed E-state index contributed by atoms with van der Waals surface area (Å²) in [7, 11) is 0. The van der Waals surface area contributed by atoms with Crippen molar-refractivity contribution in [2.45, 2.75) is 59.8 Å². The quantitative estimate of drug-likeness (QED) is 0.670. The highest BCUT2D eigenvalue weighted by Gasteiger charge is 2.18. The van der Waals surface area contributed by atoms with Crippen molar-refractivity contribution in [2.75, 3.05) is 18.4 Å². The van der Waals surface area contributed by atoms with Crippen molar-refractivity contribution in [3.8, 4) is 0 Å². The number of nitrogens with zero attached hydrogens (tertiary/aromatic N) is 2. The second-order valence-corrected chi connectivity index (χ2v) is 6.35. The summed E-state index contributed by atoms with van der Waals surface area (Å²) in [6.07, 6.45) is 4.73. The van der Waals surface area contributed by atoms with Crippen LogP contribution in [-0.4, -0.2) is 35.0 Å². The van der Waals surface area contributed by atoms with Crippen molar-refractivity contribution in [3.05, 3.63) is 11.8 Å². The van der Waals surface area contributed by atoms with E-state index in [9.17, 15) is 9.59 Å². The van der Waals surface area contributed by atoms with Gasteiger partial charge in [0.15, 0.2) is 5.82 Å². The molecule has 0 bridgehead atoms. The van der Waals surface area contributed by atoms with Crippen molar-refractivity contribution in [1.82, 2.24) is 10.1 Å². The van der Waals surface area contributed by atoms with Gasteiger partial charge in [-0.3, -0.25) is 9.59 Å². The molecule has 0 aliphatic heterocycles. The lowest BCUT2D eigenvalue weighted by molar-refractivity contribution is -0.135. The van der Waals surface area contributed by atoms with Crippen LogP contribution in [0.25, 0.3) is 0 Å². The zero-order valence-corrected chi connectivity index (χ0v) is 14.7. The van der Waals surface area contributed by atoms with Gasteiger partial charge in [-0.25, -0.2) is 0 Å². The van der Waals surface area contributed by atoms with Crippen molar-refractivity contribution < 1.29 is 14.1 Å². The summed E-state index contributed by atoms with van der Waals surface area (Å²) in [5, 5.41) is 6.39. The Morgan fingerprint density at radius 3 is 2.61 bits per heavy atom. The molecule has 0 aromatic carbocycles. The van der Waals surface area contributed by atoms with Gasteiger partial charge in [0.1, 0.15) is 5.76 Å². The van der Waals surface area contributed by atoms with Crippen LogP contribution in [0.5, 0.6) is 0 Å². The monoisotopic (exact) mass is 323 g/mol. The van der Waals surface area contributed by atoms with Crippen molar-refractivity contribution in [1.29, 1.82) is 0 Å². The average molecular weight is 323 g/mol. The molecule has 0 fully saturated rings. The molecule has 6 heteroatoms. The predicted octanol–water partition coefficient (Wildman–Crippen LogP) is 3.38. The van der Waals surface area contributed by atoms with E-state index in [1.807, 2.05) is 13.8 Å². The van der Waals surface area contributed by atoms with Crippen molar-refractivity contribution in [2.24, 2.45) is 5.92 Å². The van der Waals surface area contributed by atoms with E-state index in [2.05, 4.69) is 17.4 Å². The van der Waals surface area contributed by atoms with E-state index in [-0.39, 0.29) is 18.4 Å². The molecule has 2 amide bonds. The molecule has 0 spiro atoms. The van der Waals surface area contributed by atoms with Crippen LogP contribution in [0, 0.1) is 12.8 Å². The molecule has 1 heterocycles. The van der Waals surface area contributed by atoms with Gasteiger partial charge in [-0.05, 0) is 19.3 Å². The Morgan fingerprint density at radius 1 is 1.30 bits per heavy atom. The number of unbranched alkanes of at least 4 members (excludes halogenated alkanes) is 3. The summed E-state index contributed by atoms with van der Waals surface area (Å²) >= 11 is 0. The number of nitrogens with one attached hydrogen (secondary N) is 1. The Morgan fingerprint density at radius 2 is 2.04 bits per heavy atom. The van der Waals surface area contributed by atoms with Crippen molar-refractivity contribution >= 4 is 17.6 Å². The molecule has 0 aliphatic rings. The first-order chi connectivity index (χ1) is 10.9. The Bertz CT molecular complexity index is 497. The Balaban J connectivity index is 2.51. The number of amides is 2. The molecule has 6 nitrogen and oxygen atoms in total. The lowest BCUT2D eigenvalue weighted by Crippen LogP contribution is -2.40. The third-order valence-corrected chi connectivity index (χ3v) is 3.41. The average Bonchev–Trinajstić information content (AvgIpc) is 2.87. The summed E-state index contributed by atoms with van der Waals surface area (Å²) in [4.78, 5) is 26.1. The van der Waals surface area contributed by atoms with Gasteiger partial charge >= 0.3 is 0 Å². The van der Waals surface area contributed by atoms with Crippen LogP contribution in [0.4, 0.5) is 5.82 Å². The third kappa shape index (κ3) is 7.81. The summed E-state index contributed by atoms with van der Waals surface area (Å²) in [6, 6.07) is 1.65. The molecule has 0 atom stereocenters. The maximum absolute atomic E-state index is 12.3. The van der Waals surface area contributed by atoms with Crippen LogP contribution >= 0.6 is 0 Å². The topological polar surface area (TPSA) is 75.4 Å². The zero-order chi connectivity index (χ0) is 17.2. The maximum Gasteiger partial charge on any atom is 0.245 e. The molecule has 1 rings (SSSR count). The number of hydrogen-bond donors (Lipinski definition) is 1. The van der Waals surface area contributed by atoms with Crippen LogP contribution in [0.3, 0.4) is 0 Å². The summed E-state index contributed by atoms with van der Waals surface area (Å²) in [5.74, 6) is 1.12. The maximum atomic E-state index is 12.3. The fourth-order valence-electron chi connectivity index (χ4n) is 2.34. The molecule has 0 saturated carbocycles. The summed E-state index contributed by atoms with van der Waals surface area (Å²) in [6.45, 7) is 8.61. The highest BCUT2D eigenvalue weighted by Crippen LogP contribution is 2.10. The molecule has 1 aromatic heterocycles. The number of aryl methyl sites for hydroxylation is 1. The molecule has 1 aromatic rings. The van der Waals surface area contributed by atoms with Gasteiger partial charge in [0.25, 0.3) is 0 Å². The van der Waals surface area contributed by atoms with Gasteiger partial charge in [-0.15, -0.1) is 0 Å². The highest BCUT2D eigenvalue weighted by atomic mass is 16.5. The molecule has 1 N–H and O–H groups in total. The minimum Gasteiger partial charge on any atom is -0.360 e. The van der Waals surface area contributed by atoms with Crippen LogP contribution < -0.4 is 5.32 Å². The molecular formula is C17H29N3O3. The van der Waals surface area contributed by atoms with Gasteiger partial charge in [-0.2, -0.15) is 0 Å².